The summed E-state index contributed by atoms with van der Waals surface area (Å²) in [5.74, 6) is -1.03. The summed E-state index contributed by atoms with van der Waals surface area (Å²) in [7, 11) is 0. The second kappa shape index (κ2) is 9.09. The van der Waals surface area contributed by atoms with Gasteiger partial charge in [-0.25, -0.2) is 4.98 Å². The largest absolute Gasteiger partial charge is 0.545 e. The number of piperazine rings is 1. The highest BCUT2D eigenvalue weighted by molar-refractivity contribution is 7.80. The maximum atomic E-state index is 12.4. The number of carbonyl (C=O) groups excluding carboxylic acids is 1. The zero-order chi connectivity index (χ0) is 22.8. The molecule has 0 radical (unpaired) electrons. The van der Waals surface area contributed by atoms with Gasteiger partial charge in [-0.2, -0.15) is 4.98 Å². The van der Waals surface area contributed by atoms with E-state index in [2.05, 4.69) is 20.2 Å². The number of hydrogen-bond donors (Lipinski definition) is 1. The summed E-state index contributed by atoms with van der Waals surface area (Å²) in [4.78, 5) is 36.7. The second-order valence-corrected chi connectivity index (χ2v) is 8.09. The molecule has 0 atom stereocenters. The van der Waals surface area contributed by atoms with Crippen LogP contribution in [0.2, 0.25) is 5.02 Å². The van der Waals surface area contributed by atoms with Crippen LogP contribution in [0.5, 0.6) is 0 Å². The van der Waals surface area contributed by atoms with Crippen LogP contribution in [0.3, 0.4) is 0 Å². The van der Waals surface area contributed by atoms with Crippen LogP contribution in [-0.2, 0) is 6.54 Å². The van der Waals surface area contributed by atoms with Crippen molar-refractivity contribution in [3.05, 3.63) is 57.5 Å². The molecule has 1 aromatic carbocycles. The molecule has 0 bridgehead atoms. The summed E-state index contributed by atoms with van der Waals surface area (Å²) in [5, 5.41) is 15.9. The molecule has 166 valence electrons. The smallest absolute Gasteiger partial charge is 0.227 e. The van der Waals surface area contributed by atoms with Gasteiger partial charge in [0.1, 0.15) is 5.65 Å². The van der Waals surface area contributed by atoms with Gasteiger partial charge in [-0.1, -0.05) is 11.6 Å². The Morgan fingerprint density at radius 1 is 1.22 bits per heavy atom. The van der Waals surface area contributed by atoms with E-state index >= 15 is 0 Å². The predicted octanol–water partition coefficient (Wildman–Crippen LogP) is 1.35. The standard InChI is InChI=1S/C21H21ClN6O3S/c1-2-26-12-16(19(30)31)17(29)15-11-23-20(25-18(15)26)27-7-9-28(10-8-27)21(32)24-14-5-3-13(22)4-6-14/h3-6,11-12H,2,7-10H2,1H3,(H,24,32)(H,30,31)/p-1. The number of benzene rings is 1. The minimum atomic E-state index is -1.51. The molecular weight excluding hydrogens is 452 g/mol. The van der Waals surface area contributed by atoms with Gasteiger partial charge in [-0.15, -0.1) is 0 Å². The summed E-state index contributed by atoms with van der Waals surface area (Å²) in [6, 6.07) is 7.33. The number of carboxylic acids is 1. The molecule has 0 aliphatic carbocycles. The zero-order valence-electron chi connectivity index (χ0n) is 17.2. The van der Waals surface area contributed by atoms with Crippen LogP contribution in [0.25, 0.3) is 11.0 Å². The zero-order valence-corrected chi connectivity index (χ0v) is 18.8. The maximum Gasteiger partial charge on any atom is 0.227 e. The van der Waals surface area contributed by atoms with E-state index in [0.717, 1.165) is 5.69 Å². The number of anilines is 2. The monoisotopic (exact) mass is 471 g/mol. The third-order valence-corrected chi connectivity index (χ3v) is 5.92. The molecule has 1 aliphatic heterocycles. The van der Waals surface area contributed by atoms with Crippen molar-refractivity contribution in [1.82, 2.24) is 19.4 Å². The van der Waals surface area contributed by atoms with Crippen molar-refractivity contribution < 1.29 is 9.90 Å². The number of thiocarbonyl (C=S) groups is 1. The first-order valence-electron chi connectivity index (χ1n) is 10.1. The molecule has 1 saturated heterocycles. The van der Waals surface area contributed by atoms with E-state index in [1.54, 1.807) is 16.7 Å². The summed E-state index contributed by atoms with van der Waals surface area (Å²) < 4.78 is 1.62. The lowest BCUT2D eigenvalue weighted by Gasteiger charge is -2.36. The molecule has 32 heavy (non-hydrogen) atoms. The van der Waals surface area contributed by atoms with Gasteiger partial charge in [0.25, 0.3) is 0 Å². The SMILES string of the molecule is CCn1cc(C(=O)[O-])c(=O)c2cnc(N3CCN(C(=S)Nc4ccc(Cl)cc4)CC3)nc21. The minimum Gasteiger partial charge on any atom is -0.545 e. The molecular formula is C21H20ClN6O3S-. The number of hydrogen-bond acceptors (Lipinski definition) is 7. The van der Waals surface area contributed by atoms with Crippen LogP contribution in [0.4, 0.5) is 11.6 Å². The molecule has 1 N–H and O–H groups in total. The molecule has 4 rings (SSSR count). The number of nitrogens with zero attached hydrogens (tertiary/aromatic N) is 5. The summed E-state index contributed by atoms with van der Waals surface area (Å²) in [6.45, 7) is 4.92. The number of halogens is 1. The molecule has 0 saturated carbocycles. The Hall–Kier alpha value is -3.24. The van der Waals surface area contributed by atoms with Crippen molar-refractivity contribution in [2.24, 2.45) is 0 Å². The van der Waals surface area contributed by atoms with Crippen molar-refractivity contribution >= 4 is 57.6 Å². The highest BCUT2D eigenvalue weighted by Crippen LogP contribution is 2.18. The Balaban J connectivity index is 1.49. The van der Waals surface area contributed by atoms with Gasteiger partial charge >= 0.3 is 0 Å². The number of aryl methyl sites for hydroxylation is 1. The first-order chi connectivity index (χ1) is 15.4. The van der Waals surface area contributed by atoms with Crippen molar-refractivity contribution in [3.8, 4) is 0 Å². The summed E-state index contributed by atoms with van der Waals surface area (Å²) in [5.41, 5.74) is 0.230. The van der Waals surface area contributed by atoms with Crippen LogP contribution in [-0.4, -0.2) is 56.7 Å². The van der Waals surface area contributed by atoms with Crippen molar-refractivity contribution in [2.45, 2.75) is 13.5 Å². The minimum absolute atomic E-state index is 0.157. The van der Waals surface area contributed by atoms with Crippen molar-refractivity contribution in [1.29, 1.82) is 0 Å². The normalized spacial score (nSPS) is 13.9. The average Bonchev–Trinajstić information content (AvgIpc) is 2.80. The number of fused-ring (bicyclic) bond motifs is 1. The topological polar surface area (TPSA) is 106 Å². The van der Waals surface area contributed by atoms with E-state index in [-0.39, 0.29) is 5.39 Å². The molecule has 0 unspecified atom stereocenters. The highest BCUT2D eigenvalue weighted by Gasteiger charge is 2.22. The summed E-state index contributed by atoms with van der Waals surface area (Å²) in [6.07, 6.45) is 2.66. The first-order valence-corrected chi connectivity index (χ1v) is 10.8. The Morgan fingerprint density at radius 3 is 2.53 bits per heavy atom. The maximum absolute atomic E-state index is 12.4. The van der Waals surface area contributed by atoms with Gasteiger partial charge in [0, 0.05) is 55.8 Å². The predicted molar refractivity (Wildman–Crippen MR) is 125 cm³/mol. The number of nitrogens with one attached hydrogen (secondary N) is 1. The Kier molecular flexibility index (Phi) is 6.24. The van der Waals surface area contributed by atoms with E-state index in [0.29, 0.717) is 54.5 Å². The van der Waals surface area contributed by atoms with Crippen LogP contribution in [0.15, 0.2) is 41.5 Å². The summed E-state index contributed by atoms with van der Waals surface area (Å²) >= 11 is 11.4. The molecule has 3 heterocycles. The average molecular weight is 472 g/mol. The number of aromatic nitrogens is 3. The quantitative estimate of drug-likeness (QED) is 0.564. The fourth-order valence-electron chi connectivity index (χ4n) is 3.55. The number of carbonyl (C=O) groups is 1. The number of carboxylic acid groups (broad SMARTS) is 1. The molecule has 0 spiro atoms. The van der Waals surface area contributed by atoms with Crippen molar-refractivity contribution in [3.63, 3.8) is 0 Å². The lowest BCUT2D eigenvalue weighted by molar-refractivity contribution is -0.255. The molecule has 0 amide bonds. The van der Waals surface area contributed by atoms with Crippen molar-refractivity contribution in [2.75, 3.05) is 36.4 Å². The van der Waals surface area contributed by atoms with E-state index < -0.39 is 17.0 Å². The molecule has 3 aromatic rings. The van der Waals surface area contributed by atoms with Gasteiger partial charge in [0.05, 0.1) is 16.9 Å². The molecule has 11 heteroatoms. The third-order valence-electron chi connectivity index (χ3n) is 5.31. The van der Waals surface area contributed by atoms with E-state index in [9.17, 15) is 14.7 Å². The van der Waals surface area contributed by atoms with Crippen LogP contribution >= 0.6 is 23.8 Å². The number of aromatic carboxylic acids is 1. The van der Waals surface area contributed by atoms with Gasteiger partial charge in [0.2, 0.25) is 11.4 Å². The van der Waals surface area contributed by atoms with E-state index in [1.807, 2.05) is 24.0 Å². The van der Waals surface area contributed by atoms with E-state index in [1.165, 1.54) is 12.4 Å². The molecule has 2 aromatic heterocycles. The number of pyridine rings is 1. The van der Waals surface area contributed by atoms with Gasteiger partial charge in [-0.05, 0) is 43.4 Å². The second-order valence-electron chi connectivity index (χ2n) is 7.26. The Morgan fingerprint density at radius 2 is 1.91 bits per heavy atom. The fraction of sp³-hybridized carbons (Fsp3) is 0.286. The Labute approximate surface area is 194 Å². The van der Waals surface area contributed by atoms with Gasteiger partial charge in [-0.3, -0.25) is 4.79 Å². The van der Waals surface area contributed by atoms with Crippen LogP contribution in [0.1, 0.15) is 17.3 Å². The fourth-order valence-corrected chi connectivity index (χ4v) is 3.97. The molecule has 9 nitrogen and oxygen atoms in total. The molecule has 1 aliphatic rings. The van der Waals surface area contributed by atoms with Crippen LogP contribution in [0, 0.1) is 0 Å². The lowest BCUT2D eigenvalue weighted by Crippen LogP contribution is -2.50. The number of rotatable bonds is 4. The van der Waals surface area contributed by atoms with Crippen LogP contribution < -0.4 is 20.8 Å². The Bertz CT molecular complexity index is 1240. The lowest BCUT2D eigenvalue weighted by atomic mass is 10.2. The third kappa shape index (κ3) is 4.37. The van der Waals surface area contributed by atoms with Gasteiger partial charge in [0.15, 0.2) is 5.11 Å². The van der Waals surface area contributed by atoms with Gasteiger partial charge < -0.3 is 29.6 Å². The highest BCUT2D eigenvalue weighted by atomic mass is 35.5. The van der Waals surface area contributed by atoms with E-state index in [4.69, 9.17) is 23.8 Å². The molecule has 1 fully saturated rings. The first kappa shape index (κ1) is 22.0.